The molecule has 124 valence electrons. The highest BCUT2D eigenvalue weighted by Gasteiger charge is 2.13. The van der Waals surface area contributed by atoms with Crippen LogP contribution < -0.4 is 5.43 Å². The van der Waals surface area contributed by atoms with Crippen LogP contribution in [0.2, 0.25) is 5.02 Å². The number of nitro benzene ring substituents is 1. The molecule has 0 saturated carbocycles. The van der Waals surface area contributed by atoms with Gasteiger partial charge in [0.25, 0.3) is 11.6 Å². The van der Waals surface area contributed by atoms with Gasteiger partial charge in [-0.2, -0.15) is 5.10 Å². The van der Waals surface area contributed by atoms with Gasteiger partial charge in [-0.1, -0.05) is 11.6 Å². The van der Waals surface area contributed by atoms with Crippen LogP contribution in [0.4, 0.5) is 5.69 Å². The standard InChI is InChI=1S/C16H14ClN3O3S/c1-11(24-15-8-4-13(17)5-9-15)16(21)19-18-10-12-2-6-14(7-3-12)20(22)23/h2-11H,1H3,(H,19,21)/b18-10-/t11-/m1/s1. The van der Waals surface area contributed by atoms with E-state index in [9.17, 15) is 14.9 Å². The summed E-state index contributed by atoms with van der Waals surface area (Å²) in [7, 11) is 0. The van der Waals surface area contributed by atoms with Gasteiger partial charge < -0.3 is 0 Å². The van der Waals surface area contributed by atoms with Crippen LogP contribution in [0.25, 0.3) is 0 Å². The number of thioether (sulfide) groups is 1. The summed E-state index contributed by atoms with van der Waals surface area (Å²) >= 11 is 7.21. The minimum atomic E-state index is -0.474. The molecule has 8 heteroatoms. The second kappa shape index (κ2) is 8.47. The molecule has 0 aliphatic heterocycles. The molecule has 1 atom stereocenters. The topological polar surface area (TPSA) is 84.6 Å². The van der Waals surface area contributed by atoms with E-state index in [1.165, 1.54) is 30.1 Å². The minimum Gasteiger partial charge on any atom is -0.272 e. The fourth-order valence-electron chi connectivity index (χ4n) is 1.71. The number of carbonyl (C=O) groups excluding carboxylic acids is 1. The second-order valence-electron chi connectivity index (χ2n) is 4.80. The highest BCUT2D eigenvalue weighted by Crippen LogP contribution is 2.24. The molecule has 0 unspecified atom stereocenters. The Morgan fingerprint density at radius 3 is 2.46 bits per heavy atom. The molecule has 0 aromatic heterocycles. The third-order valence-electron chi connectivity index (χ3n) is 2.99. The molecule has 0 fully saturated rings. The molecule has 1 N–H and O–H groups in total. The first kappa shape index (κ1) is 18.0. The number of hydrazone groups is 1. The largest absolute Gasteiger partial charge is 0.272 e. The molecule has 6 nitrogen and oxygen atoms in total. The Bertz CT molecular complexity index is 748. The molecule has 2 rings (SSSR count). The Labute approximate surface area is 148 Å². The molecule has 0 bridgehead atoms. The summed E-state index contributed by atoms with van der Waals surface area (Å²) in [6.45, 7) is 1.77. The zero-order valence-corrected chi connectivity index (χ0v) is 14.3. The molecule has 1 amide bonds. The van der Waals surface area contributed by atoms with Crippen molar-refractivity contribution in [3.8, 4) is 0 Å². The molecule has 0 aliphatic rings. The molecular weight excluding hydrogens is 350 g/mol. The lowest BCUT2D eigenvalue weighted by molar-refractivity contribution is -0.384. The van der Waals surface area contributed by atoms with Gasteiger partial charge in [-0.25, -0.2) is 5.43 Å². The van der Waals surface area contributed by atoms with Crippen LogP contribution in [-0.2, 0) is 4.79 Å². The fraction of sp³-hybridized carbons (Fsp3) is 0.125. The summed E-state index contributed by atoms with van der Waals surface area (Å²) in [5.74, 6) is -0.242. The van der Waals surface area contributed by atoms with Gasteiger partial charge in [0.1, 0.15) is 0 Å². The van der Waals surface area contributed by atoms with Gasteiger partial charge in [-0.05, 0) is 48.9 Å². The lowest BCUT2D eigenvalue weighted by Crippen LogP contribution is -2.26. The van der Waals surface area contributed by atoms with Crippen molar-refractivity contribution < 1.29 is 9.72 Å². The fourth-order valence-corrected chi connectivity index (χ4v) is 2.70. The van der Waals surface area contributed by atoms with E-state index < -0.39 is 4.92 Å². The lowest BCUT2D eigenvalue weighted by Gasteiger charge is -2.09. The van der Waals surface area contributed by atoms with Crippen molar-refractivity contribution in [1.29, 1.82) is 0 Å². The first-order chi connectivity index (χ1) is 11.5. The van der Waals surface area contributed by atoms with Crippen molar-refractivity contribution in [2.45, 2.75) is 17.1 Å². The van der Waals surface area contributed by atoms with Crippen LogP contribution in [0.1, 0.15) is 12.5 Å². The monoisotopic (exact) mass is 363 g/mol. The van der Waals surface area contributed by atoms with Crippen LogP contribution >= 0.6 is 23.4 Å². The average Bonchev–Trinajstić information content (AvgIpc) is 2.57. The maximum Gasteiger partial charge on any atom is 0.269 e. The summed E-state index contributed by atoms with van der Waals surface area (Å²) in [4.78, 5) is 23.0. The molecule has 0 saturated heterocycles. The third kappa shape index (κ3) is 5.36. The maximum absolute atomic E-state index is 12.0. The van der Waals surface area contributed by atoms with Crippen molar-refractivity contribution in [3.05, 3.63) is 69.2 Å². The number of halogens is 1. The maximum atomic E-state index is 12.0. The van der Waals surface area contributed by atoms with Crippen molar-refractivity contribution in [2.75, 3.05) is 0 Å². The Morgan fingerprint density at radius 1 is 1.25 bits per heavy atom. The van der Waals surface area contributed by atoms with E-state index in [1.54, 1.807) is 31.2 Å². The van der Waals surface area contributed by atoms with Crippen LogP contribution in [0, 0.1) is 10.1 Å². The van der Waals surface area contributed by atoms with Crippen molar-refractivity contribution in [1.82, 2.24) is 5.43 Å². The number of nitrogens with one attached hydrogen (secondary N) is 1. The molecule has 2 aromatic rings. The molecule has 0 aliphatic carbocycles. The lowest BCUT2D eigenvalue weighted by atomic mass is 10.2. The Hall–Kier alpha value is -2.38. The summed E-state index contributed by atoms with van der Waals surface area (Å²) in [5.41, 5.74) is 3.11. The number of benzene rings is 2. The van der Waals surface area contributed by atoms with Gasteiger partial charge in [0.15, 0.2) is 0 Å². The van der Waals surface area contributed by atoms with Gasteiger partial charge in [-0.3, -0.25) is 14.9 Å². The molecular formula is C16H14ClN3O3S. The number of rotatable bonds is 6. The zero-order valence-electron chi connectivity index (χ0n) is 12.7. The van der Waals surface area contributed by atoms with Crippen LogP contribution in [0.15, 0.2) is 58.5 Å². The predicted molar refractivity (Wildman–Crippen MR) is 95.6 cm³/mol. The minimum absolute atomic E-state index is 0.00386. The summed E-state index contributed by atoms with van der Waals surface area (Å²) < 4.78 is 0. The normalized spacial score (nSPS) is 12.1. The number of hydrogen-bond acceptors (Lipinski definition) is 5. The van der Waals surface area contributed by atoms with E-state index in [2.05, 4.69) is 10.5 Å². The van der Waals surface area contributed by atoms with Gasteiger partial charge >= 0.3 is 0 Å². The van der Waals surface area contributed by atoms with Crippen LogP contribution in [-0.4, -0.2) is 22.3 Å². The Kier molecular flexibility index (Phi) is 6.34. The third-order valence-corrected chi connectivity index (χ3v) is 4.35. The van der Waals surface area contributed by atoms with E-state index in [-0.39, 0.29) is 16.8 Å². The van der Waals surface area contributed by atoms with E-state index in [4.69, 9.17) is 11.6 Å². The highest BCUT2D eigenvalue weighted by atomic mass is 35.5. The summed E-state index contributed by atoms with van der Waals surface area (Å²) in [5, 5.41) is 14.7. The quantitative estimate of drug-likeness (QED) is 0.365. The first-order valence-electron chi connectivity index (χ1n) is 6.95. The second-order valence-corrected chi connectivity index (χ2v) is 6.65. The van der Waals surface area contributed by atoms with Crippen LogP contribution in [0.3, 0.4) is 0 Å². The number of non-ortho nitro benzene ring substituents is 1. The number of nitro groups is 1. The number of nitrogens with zero attached hydrogens (tertiary/aromatic N) is 2. The molecule has 0 spiro atoms. The van der Waals surface area contributed by atoms with Gasteiger partial charge in [0, 0.05) is 22.1 Å². The van der Waals surface area contributed by atoms with E-state index in [0.29, 0.717) is 10.6 Å². The molecule has 0 heterocycles. The number of carbonyl (C=O) groups is 1. The molecule has 24 heavy (non-hydrogen) atoms. The van der Waals surface area contributed by atoms with Crippen molar-refractivity contribution >= 4 is 41.2 Å². The first-order valence-corrected chi connectivity index (χ1v) is 8.21. The van der Waals surface area contributed by atoms with Crippen LogP contribution in [0.5, 0.6) is 0 Å². The summed E-state index contributed by atoms with van der Waals surface area (Å²) in [6, 6.07) is 13.1. The number of amides is 1. The SMILES string of the molecule is C[C@@H](Sc1ccc(Cl)cc1)C(=O)N/N=C\c1ccc([N+](=O)[O-])cc1. The van der Waals surface area contributed by atoms with E-state index in [0.717, 1.165) is 4.90 Å². The zero-order chi connectivity index (χ0) is 17.5. The van der Waals surface area contributed by atoms with E-state index >= 15 is 0 Å². The number of hydrogen-bond donors (Lipinski definition) is 1. The smallest absolute Gasteiger partial charge is 0.269 e. The Morgan fingerprint density at radius 2 is 1.88 bits per heavy atom. The Balaban J connectivity index is 1.87. The summed E-state index contributed by atoms with van der Waals surface area (Å²) in [6.07, 6.45) is 1.43. The van der Waals surface area contributed by atoms with Crippen molar-refractivity contribution in [2.24, 2.45) is 5.10 Å². The van der Waals surface area contributed by atoms with E-state index in [1.807, 2.05) is 12.1 Å². The predicted octanol–water partition coefficient (Wildman–Crippen LogP) is 3.88. The van der Waals surface area contributed by atoms with Gasteiger partial charge in [-0.15, -0.1) is 11.8 Å². The average molecular weight is 364 g/mol. The van der Waals surface area contributed by atoms with Crippen molar-refractivity contribution in [3.63, 3.8) is 0 Å². The molecule has 0 radical (unpaired) electrons. The molecule has 2 aromatic carbocycles. The van der Waals surface area contributed by atoms with Gasteiger partial charge in [0.2, 0.25) is 0 Å². The van der Waals surface area contributed by atoms with Gasteiger partial charge in [0.05, 0.1) is 16.4 Å². The highest BCUT2D eigenvalue weighted by molar-refractivity contribution is 8.00.